The highest BCUT2D eigenvalue weighted by molar-refractivity contribution is 5.65. The topological polar surface area (TPSA) is 62.1 Å². The van der Waals surface area contributed by atoms with Crippen molar-refractivity contribution in [2.75, 3.05) is 43.4 Å². The second-order valence-electron chi connectivity index (χ2n) is 8.42. The van der Waals surface area contributed by atoms with Crippen LogP contribution in [0.3, 0.4) is 0 Å². The predicted molar refractivity (Wildman–Crippen MR) is 120 cm³/mol. The van der Waals surface area contributed by atoms with Gasteiger partial charge in [0.15, 0.2) is 0 Å². The molecule has 1 saturated heterocycles. The molecule has 7 nitrogen and oxygen atoms in total. The van der Waals surface area contributed by atoms with Gasteiger partial charge >= 0.3 is 0 Å². The maximum absolute atomic E-state index is 14.2. The van der Waals surface area contributed by atoms with Gasteiger partial charge in [0.05, 0.1) is 19.8 Å². The van der Waals surface area contributed by atoms with Crippen LogP contribution < -0.4 is 10.2 Å². The molecular weight excluding hydrogens is 393 g/mol. The summed E-state index contributed by atoms with van der Waals surface area (Å²) in [4.78, 5) is 13.2. The summed E-state index contributed by atoms with van der Waals surface area (Å²) in [6.07, 6.45) is 3.63. The molecule has 3 aromatic rings. The van der Waals surface area contributed by atoms with Gasteiger partial charge in [0.2, 0.25) is 5.95 Å². The molecule has 0 spiro atoms. The van der Waals surface area contributed by atoms with Crippen molar-refractivity contribution >= 4 is 17.3 Å². The molecule has 2 fully saturated rings. The molecule has 5 rings (SSSR count). The molecule has 0 amide bonds. The molecule has 2 aromatic heterocycles. The van der Waals surface area contributed by atoms with Crippen LogP contribution in [0.25, 0.3) is 11.3 Å². The Kier molecular flexibility index (Phi) is 4.02. The number of aromatic nitrogens is 4. The zero-order valence-corrected chi connectivity index (χ0v) is 17.5. The third-order valence-corrected chi connectivity index (χ3v) is 5.86. The van der Waals surface area contributed by atoms with E-state index in [0.29, 0.717) is 18.4 Å². The quantitative estimate of drug-likeness (QED) is 0.651. The van der Waals surface area contributed by atoms with Gasteiger partial charge in [0, 0.05) is 59.6 Å². The minimum atomic E-state index is -2.59. The fourth-order valence-electron chi connectivity index (χ4n) is 3.72. The molecule has 0 unspecified atom stereocenters. The van der Waals surface area contributed by atoms with E-state index in [2.05, 4.69) is 37.2 Å². The fraction of sp³-hybridized carbons (Fsp3) is 0.435. The number of hydrogen-bond acceptors (Lipinski definition) is 6. The molecule has 0 atom stereocenters. The van der Waals surface area contributed by atoms with Gasteiger partial charge in [-0.1, -0.05) is 0 Å². The Morgan fingerprint density at radius 3 is 2.68 bits per heavy atom. The maximum atomic E-state index is 14.2. The Hall–Kier alpha value is -3.00. The first kappa shape index (κ1) is 15.8. The number of anilines is 3. The number of hydrogen-bond donors (Lipinski definition) is 1. The second kappa shape index (κ2) is 7.92. The van der Waals surface area contributed by atoms with Crippen LogP contribution in [-0.2, 0) is 6.54 Å². The first-order valence-electron chi connectivity index (χ1n) is 12.5. The number of alkyl halides is 1. The van der Waals surface area contributed by atoms with E-state index in [0.717, 1.165) is 37.6 Å². The van der Waals surface area contributed by atoms with Gasteiger partial charge in [0.1, 0.15) is 5.67 Å². The number of nitrogens with zero attached hydrogens (tertiary/aromatic N) is 6. The summed E-state index contributed by atoms with van der Waals surface area (Å²) in [6.45, 7) is 1.48. The number of benzene rings is 1. The van der Waals surface area contributed by atoms with Crippen molar-refractivity contribution in [2.45, 2.75) is 31.9 Å². The van der Waals surface area contributed by atoms with Crippen LogP contribution in [-0.4, -0.2) is 63.5 Å². The molecule has 1 aliphatic heterocycles. The largest absolute Gasteiger partial charge is 0.369 e. The molecular formula is C23H28FN7. The third kappa shape index (κ3) is 4.54. The molecule has 1 N–H and O–H groups in total. The Balaban J connectivity index is 1.40. The van der Waals surface area contributed by atoms with Crippen LogP contribution in [0, 0.1) is 6.85 Å². The Morgan fingerprint density at radius 2 is 1.97 bits per heavy atom. The van der Waals surface area contributed by atoms with E-state index in [1.165, 1.54) is 10.9 Å². The van der Waals surface area contributed by atoms with E-state index in [-0.39, 0.29) is 29.9 Å². The zero-order valence-electron chi connectivity index (χ0n) is 21.5. The number of nitrogens with one attached hydrogen (secondary N) is 1. The number of likely N-dealkylation sites (N-methyl/N-ethyl adjacent to an activating group) is 1. The van der Waals surface area contributed by atoms with Crippen LogP contribution >= 0.6 is 0 Å². The van der Waals surface area contributed by atoms with Gasteiger partial charge < -0.3 is 15.1 Å². The van der Waals surface area contributed by atoms with E-state index in [9.17, 15) is 4.39 Å². The number of piperazine rings is 1. The lowest BCUT2D eigenvalue weighted by molar-refractivity contribution is 0.261. The minimum absolute atomic E-state index is 0.0940. The van der Waals surface area contributed by atoms with E-state index >= 15 is 0 Å². The maximum Gasteiger partial charge on any atom is 0.227 e. The van der Waals surface area contributed by atoms with Gasteiger partial charge in [0.25, 0.3) is 0 Å². The first-order valence-corrected chi connectivity index (χ1v) is 10.5. The summed E-state index contributed by atoms with van der Waals surface area (Å²) >= 11 is 0. The van der Waals surface area contributed by atoms with Crippen molar-refractivity contribution in [2.24, 2.45) is 0 Å². The van der Waals surface area contributed by atoms with Crippen LogP contribution in [0.15, 0.2) is 42.8 Å². The smallest absolute Gasteiger partial charge is 0.227 e. The lowest BCUT2D eigenvalue weighted by Gasteiger charge is -2.34. The molecule has 1 aliphatic carbocycles. The SMILES string of the molecule is [2H]c1nc(Nc2ccc(N3CCN(C)CC3)cc2)nc(-c2cnn(CC3(F)CC3)c2)c1C([2H])([2H])[2H]. The van der Waals surface area contributed by atoms with Gasteiger partial charge in [-0.25, -0.2) is 14.4 Å². The van der Waals surface area contributed by atoms with Crippen molar-refractivity contribution in [3.8, 4) is 11.3 Å². The van der Waals surface area contributed by atoms with Crippen molar-refractivity contribution in [1.29, 1.82) is 0 Å². The summed E-state index contributed by atoms with van der Waals surface area (Å²) in [5, 5.41) is 7.27. The van der Waals surface area contributed by atoms with Crippen molar-refractivity contribution < 1.29 is 9.87 Å². The predicted octanol–water partition coefficient (Wildman–Crippen LogP) is 3.65. The van der Waals surface area contributed by atoms with Crippen LogP contribution in [0.4, 0.5) is 21.7 Å². The van der Waals surface area contributed by atoms with Crippen molar-refractivity contribution in [3.05, 3.63) is 48.4 Å². The van der Waals surface area contributed by atoms with Gasteiger partial charge in [-0.3, -0.25) is 4.68 Å². The summed E-state index contributed by atoms with van der Waals surface area (Å²) in [6, 6.07) is 7.85. The van der Waals surface area contributed by atoms with E-state index in [4.69, 9.17) is 5.48 Å². The summed E-state index contributed by atoms with van der Waals surface area (Å²) < 4.78 is 47.7. The summed E-state index contributed by atoms with van der Waals surface area (Å²) in [7, 11) is 2.12. The Bertz CT molecular complexity index is 1200. The molecule has 162 valence electrons. The van der Waals surface area contributed by atoms with E-state index in [1.54, 1.807) is 6.20 Å². The number of rotatable bonds is 6. The van der Waals surface area contributed by atoms with Crippen molar-refractivity contribution in [3.63, 3.8) is 0 Å². The van der Waals surface area contributed by atoms with Gasteiger partial charge in [-0.15, -0.1) is 0 Å². The molecule has 2 aliphatic rings. The fourth-order valence-corrected chi connectivity index (χ4v) is 3.72. The average Bonchev–Trinajstić information content (AvgIpc) is 3.33. The zero-order chi connectivity index (χ0) is 24.8. The molecule has 0 radical (unpaired) electrons. The van der Waals surface area contributed by atoms with Crippen LogP contribution in [0.2, 0.25) is 0 Å². The normalized spacial score (nSPS) is 20.5. The molecule has 1 saturated carbocycles. The van der Waals surface area contributed by atoms with E-state index in [1.807, 2.05) is 24.3 Å². The molecule has 31 heavy (non-hydrogen) atoms. The highest BCUT2D eigenvalue weighted by Gasteiger charge is 2.43. The Labute approximate surface area is 187 Å². The highest BCUT2D eigenvalue weighted by Crippen LogP contribution is 2.41. The Morgan fingerprint density at radius 1 is 1.19 bits per heavy atom. The lowest BCUT2D eigenvalue weighted by Crippen LogP contribution is -2.44. The summed E-state index contributed by atoms with van der Waals surface area (Å²) in [5.74, 6) is 0.113. The standard InChI is InChI=1S/C23H28FN7/c1-17-13-25-22(28-21(17)18-14-26-31(15-18)16-23(24)7-8-23)27-19-3-5-20(6-4-19)30-11-9-29(2)10-12-30/h3-6,13-15H,7-12,16H2,1-2H3,(H,25,27,28)/i1D3,13D. The molecule has 8 heteroatoms. The second-order valence-corrected chi connectivity index (χ2v) is 8.42. The van der Waals surface area contributed by atoms with Crippen LogP contribution in [0.5, 0.6) is 0 Å². The number of halogens is 1. The van der Waals surface area contributed by atoms with Gasteiger partial charge in [-0.2, -0.15) is 5.10 Å². The monoisotopic (exact) mass is 425 g/mol. The van der Waals surface area contributed by atoms with Crippen molar-refractivity contribution in [1.82, 2.24) is 24.6 Å². The lowest BCUT2D eigenvalue weighted by atomic mass is 10.1. The first-order chi connectivity index (χ1) is 16.6. The minimum Gasteiger partial charge on any atom is -0.369 e. The molecule has 0 bridgehead atoms. The highest BCUT2D eigenvalue weighted by atomic mass is 19.1. The average molecular weight is 426 g/mol. The summed E-state index contributed by atoms with van der Waals surface area (Å²) in [5.41, 5.74) is 0.845. The van der Waals surface area contributed by atoms with Gasteiger partial charge in [-0.05, 0) is 56.6 Å². The molecule has 3 heterocycles. The molecule has 1 aromatic carbocycles. The third-order valence-electron chi connectivity index (χ3n) is 5.86. The van der Waals surface area contributed by atoms with Crippen LogP contribution in [0.1, 0.15) is 23.9 Å². The van der Waals surface area contributed by atoms with E-state index < -0.39 is 12.5 Å².